The number of methoxy groups -OCH3 is 2. The number of sulfonamides is 2. The van der Waals surface area contributed by atoms with Crippen LogP contribution < -0.4 is 35.5 Å². The number of ether oxygens (including phenoxy) is 2. The third-order valence-electron chi connectivity index (χ3n) is 11.4. The van der Waals surface area contributed by atoms with E-state index in [0.29, 0.717) is 38.5 Å². The predicted molar refractivity (Wildman–Crippen MR) is 308 cm³/mol. The summed E-state index contributed by atoms with van der Waals surface area (Å²) in [5, 5.41) is 25.2. The maximum Gasteiger partial charge on any atom is 0.488 e. The van der Waals surface area contributed by atoms with E-state index in [1.165, 1.54) is 151 Å². The Morgan fingerprint density at radius 1 is 0.575 bits per heavy atom. The van der Waals surface area contributed by atoms with Gasteiger partial charge in [0.25, 0.3) is 31.2 Å². The lowest BCUT2D eigenvalue weighted by Crippen LogP contribution is -2.30. The van der Waals surface area contributed by atoms with E-state index in [9.17, 15) is 39.6 Å². The second kappa shape index (κ2) is 25.6. The lowest BCUT2D eigenvalue weighted by atomic mass is 9.80. The summed E-state index contributed by atoms with van der Waals surface area (Å²) in [6.45, 7) is 3.39. The first kappa shape index (κ1) is 61.5. The smallest absolute Gasteiger partial charge is 0.488 e. The molecule has 0 aliphatic carbocycles. The van der Waals surface area contributed by atoms with Crippen LogP contribution in [0.3, 0.4) is 0 Å². The number of hydrogen-bond donors (Lipinski definition) is 4. The topological polar surface area (TPSA) is 247 Å². The molecule has 0 radical (unpaired) electrons. The molecule has 0 fully saturated rings. The summed E-state index contributed by atoms with van der Waals surface area (Å²) in [7, 11) is -6.76. The van der Waals surface area contributed by atoms with E-state index in [0.717, 1.165) is 12.1 Å². The maximum absolute atomic E-state index is 15.3. The molecule has 10 rings (SSSR count). The summed E-state index contributed by atoms with van der Waals surface area (Å²) in [6, 6.07) is 29.7. The number of aryl methyl sites for hydroxylation is 2. The van der Waals surface area contributed by atoms with Gasteiger partial charge in [0.1, 0.15) is 47.3 Å². The summed E-state index contributed by atoms with van der Waals surface area (Å²) in [4.78, 5) is 25.4. The van der Waals surface area contributed by atoms with Crippen LogP contribution in [0.15, 0.2) is 179 Å². The SMILES string of the molecule is COc1cc(-c2cc(C)cc(F)c2)c(F)cc1-n1c(=O)ccc2cc(S(=O)(=O)Nc3ccon3)ccc21.COc1cc(Br)c(F)cc1-n1c(=O)ccc2cc(S(=O)(=O)Nc3ccon3)ccc21.Cc1cc(F)cc(B(O)O)c1.P.P. The van der Waals surface area contributed by atoms with Gasteiger partial charge in [-0.25, -0.2) is 34.4 Å². The minimum Gasteiger partial charge on any atom is -0.495 e. The van der Waals surface area contributed by atoms with Crippen molar-refractivity contribution < 1.29 is 63.0 Å². The van der Waals surface area contributed by atoms with Crippen molar-refractivity contribution in [2.75, 3.05) is 23.7 Å². The lowest BCUT2D eigenvalue weighted by Gasteiger charge is -2.17. The fourth-order valence-corrected chi connectivity index (χ4v) is 10.3. The average molecular weight is 1240 g/mol. The maximum atomic E-state index is 15.3. The molecule has 18 nitrogen and oxygen atoms in total. The van der Waals surface area contributed by atoms with Crippen molar-refractivity contribution >= 4 is 102 Å². The molecule has 80 heavy (non-hydrogen) atoms. The van der Waals surface area contributed by atoms with Crippen LogP contribution >= 0.6 is 35.7 Å². The van der Waals surface area contributed by atoms with E-state index < -0.39 is 61.6 Å². The Bertz CT molecular complexity index is 4220. The Morgan fingerprint density at radius 3 is 1.48 bits per heavy atom. The zero-order valence-electron chi connectivity index (χ0n) is 42.3. The highest BCUT2D eigenvalue weighted by molar-refractivity contribution is 9.10. The second-order valence-electron chi connectivity index (χ2n) is 16.8. The molecule has 0 bridgehead atoms. The van der Waals surface area contributed by atoms with Gasteiger partial charge in [0.15, 0.2) is 11.6 Å². The average Bonchev–Trinajstić information content (AvgIpc) is 4.23. The van der Waals surface area contributed by atoms with Crippen molar-refractivity contribution in [2.45, 2.75) is 23.6 Å². The monoisotopic (exact) mass is 1240 g/mol. The van der Waals surface area contributed by atoms with Gasteiger partial charge in [-0.1, -0.05) is 22.4 Å². The number of anilines is 2. The first-order chi connectivity index (χ1) is 37.0. The second-order valence-corrected chi connectivity index (χ2v) is 21.0. The van der Waals surface area contributed by atoms with Gasteiger partial charge in [0.05, 0.1) is 50.9 Å². The van der Waals surface area contributed by atoms with Gasteiger partial charge in [-0.2, -0.15) is 19.8 Å². The molecule has 0 aliphatic heterocycles. The normalized spacial score (nSPS) is 11.0. The molecule has 6 aromatic carbocycles. The minimum absolute atomic E-state index is 0. The number of benzene rings is 6. The predicted octanol–water partition coefficient (Wildman–Crippen LogP) is 8.66. The van der Waals surface area contributed by atoms with E-state index in [4.69, 9.17) is 19.5 Å². The number of halogens is 5. The van der Waals surface area contributed by atoms with E-state index in [2.05, 4.69) is 44.7 Å². The third kappa shape index (κ3) is 13.8. The fourth-order valence-electron chi connectivity index (χ4n) is 7.97. The molecule has 2 atom stereocenters. The molecule has 2 unspecified atom stereocenters. The molecule has 4 aromatic heterocycles. The molecule has 0 saturated carbocycles. The van der Waals surface area contributed by atoms with Crippen molar-refractivity contribution in [3.05, 3.63) is 206 Å². The van der Waals surface area contributed by atoms with Gasteiger partial charge in [0, 0.05) is 52.7 Å². The summed E-state index contributed by atoms with van der Waals surface area (Å²) in [6.07, 6.45) is 2.46. The van der Waals surface area contributed by atoms with E-state index in [-0.39, 0.29) is 79.6 Å². The molecule has 0 aliphatic rings. The van der Waals surface area contributed by atoms with Crippen LogP contribution in [-0.2, 0) is 20.0 Å². The molecule has 416 valence electrons. The largest absolute Gasteiger partial charge is 0.495 e. The molecule has 28 heteroatoms. The Balaban J connectivity index is 0.000000215. The zero-order valence-corrected chi connectivity index (χ0v) is 48.4. The van der Waals surface area contributed by atoms with E-state index in [1.54, 1.807) is 19.9 Å². The van der Waals surface area contributed by atoms with Crippen LogP contribution in [0.2, 0.25) is 0 Å². The number of pyridine rings is 2. The number of hydrogen-bond acceptors (Lipinski definition) is 14. The number of fused-ring (bicyclic) bond motifs is 2. The quantitative estimate of drug-likeness (QED) is 0.0508. The Labute approximate surface area is 468 Å². The van der Waals surface area contributed by atoms with Crippen molar-refractivity contribution in [2.24, 2.45) is 0 Å². The summed E-state index contributed by atoms with van der Waals surface area (Å²) in [5.74, 6) is -1.75. The molecule has 4 N–H and O–H groups in total. The molecular weight excluding hydrogens is 1190 g/mol. The molecule has 4 heterocycles. The summed E-state index contributed by atoms with van der Waals surface area (Å²) in [5.41, 5.74) is 1.96. The highest BCUT2D eigenvalue weighted by Crippen LogP contribution is 2.35. The number of nitrogens with one attached hydrogen (secondary N) is 2. The van der Waals surface area contributed by atoms with Crippen LogP contribution in [-0.4, -0.2) is 67.7 Å². The Kier molecular flexibility index (Phi) is 19.7. The molecule has 0 saturated heterocycles. The van der Waals surface area contributed by atoms with Crippen molar-refractivity contribution in [3.63, 3.8) is 0 Å². The van der Waals surface area contributed by atoms with Crippen LogP contribution in [0.1, 0.15) is 11.1 Å². The fraction of sp³-hybridized carbons (Fsp3) is 0.0769. The molecule has 0 spiro atoms. The summed E-state index contributed by atoms with van der Waals surface area (Å²) >= 11 is 3.09. The zero-order chi connectivity index (χ0) is 56.2. The first-order valence-corrected chi connectivity index (χ1v) is 26.3. The number of nitrogens with zero attached hydrogens (tertiary/aromatic N) is 4. The first-order valence-electron chi connectivity index (χ1n) is 22.6. The van der Waals surface area contributed by atoms with Gasteiger partial charge in [-0.3, -0.25) is 28.2 Å². The van der Waals surface area contributed by atoms with Crippen LogP contribution in [0.4, 0.5) is 29.2 Å². The number of aromatic nitrogens is 4. The Morgan fingerprint density at radius 2 is 1.04 bits per heavy atom. The third-order valence-corrected chi connectivity index (χ3v) is 14.7. The Hall–Kier alpha value is -7.70. The lowest BCUT2D eigenvalue weighted by molar-refractivity contribution is 0.411. The molecular formula is C52H46BBrF4N6O12P2S2. The van der Waals surface area contributed by atoms with Crippen LogP contribution in [0, 0.1) is 37.1 Å². The van der Waals surface area contributed by atoms with Crippen molar-refractivity contribution in [1.82, 2.24) is 19.4 Å². The minimum atomic E-state index is -4.00. The van der Waals surface area contributed by atoms with E-state index >= 15 is 4.39 Å². The van der Waals surface area contributed by atoms with Gasteiger partial charge >= 0.3 is 7.12 Å². The van der Waals surface area contributed by atoms with Gasteiger partial charge in [0.2, 0.25) is 0 Å². The van der Waals surface area contributed by atoms with Crippen molar-refractivity contribution in [3.8, 4) is 34.0 Å². The van der Waals surface area contributed by atoms with Gasteiger partial charge < -0.3 is 28.6 Å². The van der Waals surface area contributed by atoms with Crippen LogP contribution in [0.25, 0.3) is 44.3 Å². The van der Waals surface area contributed by atoms with E-state index in [1.807, 2.05) is 0 Å². The summed E-state index contributed by atoms with van der Waals surface area (Å²) < 4.78 is 134. The standard InChI is InChI=1S/C26H19F2N3O5S.C19H13BrFN3O5S.C7H8BFO2.2H3P/c1-15-9-17(11-18(27)10-15)20-13-24(35-2)23(14-21(20)28)31-22-5-4-19(12-16(22)3-6-26(31)32)37(33,34)30-25-7-8-36-29-25;1-28-17-9-13(20)14(21)10-16(17)24-15-4-3-12(8-11(15)2-5-19(24)25)30(26,27)23-18-6-7-29-22-18;1-5-2-6(8(10)11)4-7(9)3-5;;/h3-14H,1-2H3,(H,29,30);2-10H,1H3,(H,22,23);2-4,10-11H,1H3;2*1H3. The highest BCUT2D eigenvalue weighted by Gasteiger charge is 2.22. The highest BCUT2D eigenvalue weighted by atomic mass is 79.9. The van der Waals surface area contributed by atoms with Gasteiger partial charge in [-0.05, 0) is 137 Å². The molecule has 0 amide bonds. The van der Waals surface area contributed by atoms with Crippen LogP contribution in [0.5, 0.6) is 11.5 Å². The molecule has 10 aromatic rings. The van der Waals surface area contributed by atoms with Gasteiger partial charge in [-0.15, -0.1) is 0 Å². The number of rotatable bonds is 12. The van der Waals surface area contributed by atoms with Crippen molar-refractivity contribution in [1.29, 1.82) is 0 Å².